The fraction of sp³-hybridized carbons (Fsp3) is 0.115. The van der Waals surface area contributed by atoms with Crippen molar-refractivity contribution in [2.75, 3.05) is 14.2 Å². The summed E-state index contributed by atoms with van der Waals surface area (Å²) in [6.07, 6.45) is 3.79. The highest BCUT2D eigenvalue weighted by Gasteiger charge is 2.26. The largest absolute Gasteiger partial charge is 0.493 e. The predicted molar refractivity (Wildman–Crippen MR) is 127 cm³/mol. The minimum absolute atomic E-state index is 0.00569. The van der Waals surface area contributed by atoms with Crippen LogP contribution in [-0.2, 0) is 0 Å². The van der Waals surface area contributed by atoms with Crippen LogP contribution in [0.5, 0.6) is 17.2 Å². The molecule has 3 aromatic carbocycles. The van der Waals surface area contributed by atoms with E-state index < -0.39 is 0 Å². The normalized spacial score (nSPS) is 15.8. The number of rotatable bonds is 5. The average Bonchev–Trinajstić information content (AvgIpc) is 2.83. The molecule has 0 amide bonds. The van der Waals surface area contributed by atoms with E-state index in [1.54, 1.807) is 20.4 Å². The molecule has 0 saturated heterocycles. The fourth-order valence-electron chi connectivity index (χ4n) is 3.87. The Kier molecular flexibility index (Phi) is 5.50. The lowest BCUT2D eigenvalue weighted by Crippen LogP contribution is -2.15. The molecule has 6 heteroatoms. The van der Waals surface area contributed by atoms with E-state index in [0.717, 1.165) is 27.8 Å². The molecule has 0 saturated carbocycles. The quantitative estimate of drug-likeness (QED) is 0.360. The Hall–Kier alpha value is -3.43. The number of hydrogen-bond acceptors (Lipinski definition) is 4. The van der Waals surface area contributed by atoms with E-state index in [0.29, 0.717) is 25.8 Å². The molecule has 5 rings (SSSR count). The van der Waals surface area contributed by atoms with Crippen LogP contribution in [0.15, 0.2) is 78.7 Å². The highest BCUT2D eigenvalue weighted by Crippen LogP contribution is 2.46. The van der Waals surface area contributed by atoms with Crippen LogP contribution in [0.25, 0.3) is 17.0 Å². The number of nitrogens with zero attached hydrogens (tertiary/aromatic N) is 1. The molecule has 0 N–H and O–H groups in total. The Labute approximate surface area is 187 Å². The van der Waals surface area contributed by atoms with Crippen LogP contribution in [0.3, 0.4) is 0 Å². The number of pyridine rings is 1. The van der Waals surface area contributed by atoms with Crippen LogP contribution in [0.2, 0.25) is 0 Å². The van der Waals surface area contributed by atoms with Gasteiger partial charge in [0.2, 0.25) is 0 Å². The van der Waals surface area contributed by atoms with E-state index in [2.05, 4.69) is 23.2 Å². The van der Waals surface area contributed by atoms with E-state index in [4.69, 9.17) is 14.2 Å². The first-order valence-electron chi connectivity index (χ1n) is 10.2. The molecule has 2 unspecified atom stereocenters. The van der Waals surface area contributed by atoms with E-state index in [1.807, 2.05) is 42.5 Å². The summed E-state index contributed by atoms with van der Waals surface area (Å²) in [5, 5.41) is 2.09. The zero-order chi connectivity index (χ0) is 22.1. The van der Waals surface area contributed by atoms with Gasteiger partial charge in [0.1, 0.15) is 17.3 Å². The lowest BCUT2D eigenvalue weighted by molar-refractivity contribution is 0.355. The van der Waals surface area contributed by atoms with Crippen LogP contribution in [-0.4, -0.2) is 19.2 Å². The summed E-state index contributed by atoms with van der Waals surface area (Å²) in [7, 11) is 3.67. The highest BCUT2D eigenvalue weighted by atomic mass is 31.1. The zero-order valence-electron chi connectivity index (χ0n) is 17.6. The Morgan fingerprint density at radius 1 is 0.875 bits per heavy atom. The molecule has 1 aliphatic heterocycles. The molecule has 1 aromatic heterocycles. The monoisotopic (exact) mass is 445 g/mol. The lowest BCUT2D eigenvalue weighted by Gasteiger charge is -2.27. The molecule has 1 aliphatic rings. The van der Waals surface area contributed by atoms with Crippen molar-refractivity contribution in [2.45, 2.75) is 5.66 Å². The van der Waals surface area contributed by atoms with Gasteiger partial charge in [-0.2, -0.15) is 0 Å². The van der Waals surface area contributed by atoms with Crippen LogP contribution < -0.4 is 19.5 Å². The summed E-state index contributed by atoms with van der Waals surface area (Å²) < 4.78 is 31.0. The highest BCUT2D eigenvalue weighted by molar-refractivity contribution is 7.48. The number of methoxy groups -OCH3 is 2. The van der Waals surface area contributed by atoms with Crippen molar-refractivity contribution >= 4 is 30.9 Å². The van der Waals surface area contributed by atoms with Crippen LogP contribution >= 0.6 is 8.58 Å². The molecule has 0 aliphatic carbocycles. The van der Waals surface area contributed by atoms with Crippen molar-refractivity contribution in [3.05, 3.63) is 95.6 Å². The van der Waals surface area contributed by atoms with E-state index in [1.165, 1.54) is 17.4 Å². The molecular formula is C26H21FNO3P. The number of hydrogen-bond donors (Lipinski definition) is 0. The maximum atomic E-state index is 13.6. The Bertz CT molecular complexity index is 1320. The topological polar surface area (TPSA) is 40.6 Å². The summed E-state index contributed by atoms with van der Waals surface area (Å²) in [6.45, 7) is 0. The van der Waals surface area contributed by atoms with Gasteiger partial charge in [0, 0.05) is 17.6 Å². The van der Waals surface area contributed by atoms with Crippen molar-refractivity contribution in [3.8, 4) is 17.2 Å². The van der Waals surface area contributed by atoms with Crippen molar-refractivity contribution in [3.63, 3.8) is 0 Å². The second-order valence-electron chi connectivity index (χ2n) is 7.40. The number of allylic oxidation sites excluding steroid dienone is 1. The second-order valence-corrected chi connectivity index (χ2v) is 8.80. The molecule has 0 radical (unpaired) electrons. The van der Waals surface area contributed by atoms with E-state index >= 15 is 0 Å². The first kappa shape index (κ1) is 20.5. The van der Waals surface area contributed by atoms with Gasteiger partial charge >= 0.3 is 0 Å². The smallest absolute Gasteiger partial charge is 0.162 e. The fourth-order valence-corrected chi connectivity index (χ4v) is 5.34. The van der Waals surface area contributed by atoms with Gasteiger partial charge < -0.3 is 14.2 Å². The van der Waals surface area contributed by atoms with Gasteiger partial charge in [-0.3, -0.25) is 4.98 Å². The van der Waals surface area contributed by atoms with Gasteiger partial charge in [0.05, 0.1) is 25.4 Å². The first-order chi connectivity index (χ1) is 15.7. The number of aromatic nitrogens is 1. The molecular weight excluding hydrogens is 424 g/mol. The molecule has 2 atom stereocenters. The third kappa shape index (κ3) is 3.80. The van der Waals surface area contributed by atoms with Crippen LogP contribution in [0, 0.1) is 5.82 Å². The third-order valence-electron chi connectivity index (χ3n) is 5.48. The lowest BCUT2D eigenvalue weighted by atomic mass is 10.1. The minimum atomic E-state index is -0.249. The van der Waals surface area contributed by atoms with Gasteiger partial charge in [-0.05, 0) is 46.8 Å². The first-order valence-corrected chi connectivity index (χ1v) is 11.2. The number of halogens is 1. The maximum Gasteiger partial charge on any atom is 0.162 e. The van der Waals surface area contributed by atoms with Gasteiger partial charge in [-0.25, -0.2) is 4.39 Å². The molecule has 2 heterocycles. The molecule has 4 nitrogen and oxygen atoms in total. The summed E-state index contributed by atoms with van der Waals surface area (Å²) in [6, 6.07) is 20.5. The Morgan fingerprint density at radius 3 is 2.41 bits per heavy atom. The standard InChI is InChI=1S/C26H21FNO3P/c1-29-22-14-19-20(15-23(22)30-2)28-12-11-21(19)31-24-13-17-5-3-4-6-25(17)32-26(24)16-7-9-18(27)10-8-16/h3-15,26,32H,1-2H3. The number of benzene rings is 3. The van der Waals surface area contributed by atoms with Crippen molar-refractivity contribution < 1.29 is 18.6 Å². The third-order valence-corrected chi connectivity index (χ3v) is 7.15. The molecule has 0 fully saturated rings. The predicted octanol–water partition coefficient (Wildman–Crippen LogP) is 5.87. The Balaban J connectivity index is 1.61. The van der Waals surface area contributed by atoms with E-state index in [-0.39, 0.29) is 11.5 Å². The van der Waals surface area contributed by atoms with Gasteiger partial charge in [0.15, 0.2) is 11.5 Å². The Morgan fingerprint density at radius 2 is 1.62 bits per heavy atom. The van der Waals surface area contributed by atoms with Crippen molar-refractivity contribution in [1.29, 1.82) is 0 Å². The summed E-state index contributed by atoms with van der Waals surface area (Å²) in [4.78, 5) is 4.47. The molecule has 160 valence electrons. The zero-order valence-corrected chi connectivity index (χ0v) is 18.6. The molecule has 32 heavy (non-hydrogen) atoms. The maximum absolute atomic E-state index is 13.6. The van der Waals surface area contributed by atoms with Gasteiger partial charge in [0.25, 0.3) is 0 Å². The van der Waals surface area contributed by atoms with E-state index in [9.17, 15) is 4.39 Å². The van der Waals surface area contributed by atoms with Crippen molar-refractivity contribution in [1.82, 2.24) is 4.98 Å². The molecule has 4 aromatic rings. The van der Waals surface area contributed by atoms with Crippen LogP contribution in [0.1, 0.15) is 16.8 Å². The minimum Gasteiger partial charge on any atom is -0.493 e. The molecule has 0 spiro atoms. The average molecular weight is 445 g/mol. The van der Waals surface area contributed by atoms with Gasteiger partial charge in [-0.15, -0.1) is 0 Å². The summed E-state index contributed by atoms with van der Waals surface area (Å²) in [5.41, 5.74) is 2.89. The summed E-state index contributed by atoms with van der Waals surface area (Å²) >= 11 is 0. The van der Waals surface area contributed by atoms with Gasteiger partial charge in [-0.1, -0.05) is 45.0 Å². The van der Waals surface area contributed by atoms with Crippen LogP contribution in [0.4, 0.5) is 4.39 Å². The summed E-state index contributed by atoms with van der Waals surface area (Å²) in [5.74, 6) is 2.47. The second kappa shape index (κ2) is 8.60. The number of fused-ring (bicyclic) bond motifs is 2. The number of ether oxygens (including phenoxy) is 3. The van der Waals surface area contributed by atoms with Crippen molar-refractivity contribution in [2.24, 2.45) is 0 Å². The molecule has 0 bridgehead atoms. The SMILES string of the molecule is COc1cc2nccc(OC3=Cc4ccccc4PC3c3ccc(F)cc3)c2cc1OC.